The summed E-state index contributed by atoms with van der Waals surface area (Å²) in [4.78, 5) is 12.1. The number of rotatable bonds is 3. The van der Waals surface area contributed by atoms with E-state index in [-0.39, 0.29) is 5.97 Å². The van der Waals surface area contributed by atoms with E-state index in [4.69, 9.17) is 14.2 Å². The van der Waals surface area contributed by atoms with Crippen molar-refractivity contribution in [2.75, 3.05) is 32.2 Å². The maximum atomic E-state index is 12.1. The molecule has 0 saturated heterocycles. The van der Waals surface area contributed by atoms with Crippen molar-refractivity contribution >= 4 is 22.4 Å². The lowest BCUT2D eigenvalue weighted by molar-refractivity contribution is 0.0527. The van der Waals surface area contributed by atoms with E-state index < -0.39 is 0 Å². The fourth-order valence-electron chi connectivity index (χ4n) is 2.53. The molecule has 1 N–H and O–H groups in total. The fraction of sp³-hybridized carbons (Fsp3) is 0.312. The van der Waals surface area contributed by atoms with Crippen molar-refractivity contribution in [2.24, 2.45) is 0 Å². The second-order valence-corrected chi connectivity index (χ2v) is 4.71. The third-order valence-electron chi connectivity index (χ3n) is 3.45. The molecule has 1 heterocycles. The lowest BCUT2D eigenvalue weighted by atomic mass is 10.0. The van der Waals surface area contributed by atoms with Gasteiger partial charge in [-0.15, -0.1) is 0 Å². The van der Waals surface area contributed by atoms with Crippen LogP contribution in [0.4, 0.5) is 5.69 Å². The predicted octanol–water partition coefficient (Wildman–Crippen LogP) is 2.83. The molecule has 1 aliphatic rings. The third-order valence-corrected chi connectivity index (χ3v) is 3.45. The maximum absolute atomic E-state index is 12.1. The van der Waals surface area contributed by atoms with Gasteiger partial charge in [0.15, 0.2) is 0 Å². The molecule has 3 rings (SSSR count). The Morgan fingerprint density at radius 1 is 1.38 bits per heavy atom. The maximum Gasteiger partial charge on any atom is 0.340 e. The molecule has 110 valence electrons. The van der Waals surface area contributed by atoms with Crippen molar-refractivity contribution in [2.45, 2.75) is 6.92 Å². The zero-order chi connectivity index (χ0) is 14.8. The summed E-state index contributed by atoms with van der Waals surface area (Å²) >= 11 is 0. The topological polar surface area (TPSA) is 56.8 Å². The largest absolute Gasteiger partial charge is 0.497 e. The molecule has 21 heavy (non-hydrogen) atoms. The Balaban J connectivity index is 2.25. The van der Waals surface area contributed by atoms with Gasteiger partial charge in [-0.25, -0.2) is 4.79 Å². The van der Waals surface area contributed by atoms with Crippen LogP contribution in [0.3, 0.4) is 0 Å². The summed E-state index contributed by atoms with van der Waals surface area (Å²) in [6.07, 6.45) is 0. The van der Waals surface area contributed by atoms with Gasteiger partial charge in [0.2, 0.25) is 0 Å². The number of ether oxygens (including phenoxy) is 3. The number of esters is 1. The first-order chi connectivity index (χ1) is 10.2. The van der Waals surface area contributed by atoms with Crippen LogP contribution in [0.2, 0.25) is 0 Å². The van der Waals surface area contributed by atoms with Gasteiger partial charge in [-0.05, 0) is 24.4 Å². The molecule has 0 unspecified atom stereocenters. The van der Waals surface area contributed by atoms with Crippen LogP contribution in [0.5, 0.6) is 11.5 Å². The lowest BCUT2D eigenvalue weighted by Crippen LogP contribution is -2.12. The molecule has 2 aromatic carbocycles. The molecular weight excluding hydrogens is 270 g/mol. The van der Waals surface area contributed by atoms with E-state index in [9.17, 15) is 4.79 Å². The van der Waals surface area contributed by atoms with Gasteiger partial charge in [-0.2, -0.15) is 0 Å². The molecule has 5 heteroatoms. The monoisotopic (exact) mass is 287 g/mol. The normalized spacial score (nSPS) is 13.0. The highest BCUT2D eigenvalue weighted by molar-refractivity contribution is 6.09. The minimum atomic E-state index is -0.328. The minimum absolute atomic E-state index is 0.328. The van der Waals surface area contributed by atoms with Crippen LogP contribution in [0, 0.1) is 0 Å². The number of benzene rings is 2. The summed E-state index contributed by atoms with van der Waals surface area (Å²) in [5.41, 5.74) is 1.29. The van der Waals surface area contributed by atoms with E-state index in [1.807, 2.05) is 18.2 Å². The van der Waals surface area contributed by atoms with Crippen LogP contribution in [-0.4, -0.2) is 32.8 Å². The summed E-state index contributed by atoms with van der Waals surface area (Å²) in [6.45, 7) is 3.30. The second kappa shape index (κ2) is 5.52. The van der Waals surface area contributed by atoms with Crippen LogP contribution in [-0.2, 0) is 4.74 Å². The SMILES string of the molecule is CCOC(=O)c1ccc2cc(OC)cc3c2c1NCCO3. The number of nitrogens with one attached hydrogen (secondary N) is 1. The number of hydrogen-bond acceptors (Lipinski definition) is 5. The third kappa shape index (κ3) is 2.35. The number of anilines is 1. The van der Waals surface area contributed by atoms with Crippen LogP contribution in [0.15, 0.2) is 24.3 Å². The molecule has 0 atom stereocenters. The van der Waals surface area contributed by atoms with Gasteiger partial charge in [-0.1, -0.05) is 6.07 Å². The summed E-state index contributed by atoms with van der Waals surface area (Å²) in [6, 6.07) is 7.42. The average Bonchev–Trinajstić information content (AvgIpc) is 2.71. The summed E-state index contributed by atoms with van der Waals surface area (Å²) in [5.74, 6) is 1.12. The summed E-state index contributed by atoms with van der Waals surface area (Å²) < 4.78 is 16.2. The van der Waals surface area contributed by atoms with Crippen molar-refractivity contribution in [1.29, 1.82) is 0 Å². The van der Waals surface area contributed by atoms with Crippen LogP contribution >= 0.6 is 0 Å². The fourth-order valence-corrected chi connectivity index (χ4v) is 2.53. The van der Waals surface area contributed by atoms with Crippen LogP contribution in [0.1, 0.15) is 17.3 Å². The van der Waals surface area contributed by atoms with Crippen LogP contribution < -0.4 is 14.8 Å². The molecular formula is C16H17NO4. The number of carbonyl (C=O) groups excluding carboxylic acids is 1. The first-order valence-electron chi connectivity index (χ1n) is 6.93. The molecule has 5 nitrogen and oxygen atoms in total. The molecule has 0 spiro atoms. The molecule has 0 amide bonds. The van der Waals surface area contributed by atoms with E-state index in [0.29, 0.717) is 25.3 Å². The van der Waals surface area contributed by atoms with E-state index in [2.05, 4.69) is 5.32 Å². The summed E-state index contributed by atoms with van der Waals surface area (Å²) in [7, 11) is 1.62. The Hall–Kier alpha value is -2.43. The minimum Gasteiger partial charge on any atom is -0.497 e. The first-order valence-corrected chi connectivity index (χ1v) is 6.93. The number of carbonyl (C=O) groups is 1. The zero-order valence-electron chi connectivity index (χ0n) is 12.1. The Morgan fingerprint density at radius 3 is 3.00 bits per heavy atom. The van der Waals surface area contributed by atoms with Crippen molar-refractivity contribution in [1.82, 2.24) is 0 Å². The van der Waals surface area contributed by atoms with Gasteiger partial charge in [0.25, 0.3) is 0 Å². The molecule has 0 radical (unpaired) electrons. The van der Waals surface area contributed by atoms with E-state index in [0.717, 1.165) is 28.0 Å². The summed E-state index contributed by atoms with van der Waals surface area (Å²) in [5, 5.41) is 5.12. The molecule has 1 aliphatic heterocycles. The molecule has 0 aromatic heterocycles. The zero-order valence-corrected chi connectivity index (χ0v) is 12.1. The standard InChI is InChI=1S/C16H17NO4/c1-3-20-16(18)12-5-4-10-8-11(19-2)9-13-14(10)15(12)17-6-7-21-13/h4-5,8-9,17H,3,6-7H2,1-2H3. The Bertz CT molecular complexity index is 696. The Morgan fingerprint density at radius 2 is 2.24 bits per heavy atom. The van der Waals surface area contributed by atoms with Gasteiger partial charge < -0.3 is 19.5 Å². The van der Waals surface area contributed by atoms with E-state index in [1.54, 1.807) is 20.1 Å². The van der Waals surface area contributed by atoms with Gasteiger partial charge in [0, 0.05) is 18.0 Å². The molecule has 2 aromatic rings. The highest BCUT2D eigenvalue weighted by Gasteiger charge is 2.20. The smallest absolute Gasteiger partial charge is 0.340 e. The van der Waals surface area contributed by atoms with Gasteiger partial charge in [0.1, 0.15) is 18.1 Å². The van der Waals surface area contributed by atoms with Crippen molar-refractivity contribution < 1.29 is 19.0 Å². The Labute approximate surface area is 122 Å². The molecule has 0 fully saturated rings. The van der Waals surface area contributed by atoms with E-state index >= 15 is 0 Å². The quantitative estimate of drug-likeness (QED) is 0.880. The van der Waals surface area contributed by atoms with Crippen molar-refractivity contribution in [3.63, 3.8) is 0 Å². The Kier molecular flexibility index (Phi) is 3.56. The predicted molar refractivity (Wildman–Crippen MR) is 80.4 cm³/mol. The van der Waals surface area contributed by atoms with Crippen molar-refractivity contribution in [3.05, 3.63) is 29.8 Å². The second-order valence-electron chi connectivity index (χ2n) is 4.71. The number of hydrogen-bond donors (Lipinski definition) is 1. The average molecular weight is 287 g/mol. The lowest BCUT2D eigenvalue weighted by Gasteiger charge is -2.13. The highest BCUT2D eigenvalue weighted by Crippen LogP contribution is 2.39. The van der Waals surface area contributed by atoms with Gasteiger partial charge >= 0.3 is 5.97 Å². The van der Waals surface area contributed by atoms with Crippen LogP contribution in [0.25, 0.3) is 10.8 Å². The highest BCUT2D eigenvalue weighted by atomic mass is 16.5. The molecule has 0 saturated carbocycles. The van der Waals surface area contributed by atoms with E-state index in [1.165, 1.54) is 0 Å². The van der Waals surface area contributed by atoms with Gasteiger partial charge in [-0.3, -0.25) is 0 Å². The van der Waals surface area contributed by atoms with Gasteiger partial charge in [0.05, 0.1) is 25.0 Å². The molecule has 0 bridgehead atoms. The first kappa shape index (κ1) is 13.5. The molecule has 0 aliphatic carbocycles. The number of methoxy groups -OCH3 is 1. The van der Waals surface area contributed by atoms with Crippen molar-refractivity contribution in [3.8, 4) is 11.5 Å².